The number of fused-ring (bicyclic) bond motifs is 3. The van der Waals surface area contributed by atoms with Crippen LogP contribution in [0.25, 0.3) is 11.1 Å². The number of carbonyl (C=O) groups excluding carboxylic acids is 1. The number of likely N-dealkylation sites (N-methyl/N-ethyl adjacent to an activating group) is 1. The maximum Gasteiger partial charge on any atom is 0.453 e. The maximum absolute atomic E-state index is 13.4. The molecular formula is C22H19F6NO3. The number of rotatable bonds is 3. The van der Waals surface area contributed by atoms with E-state index in [2.05, 4.69) is 9.47 Å². The molecule has 2 aromatic rings. The second kappa shape index (κ2) is 7.48. The molecule has 1 heterocycles. The number of hydrogen-bond acceptors (Lipinski definition) is 3. The molecule has 4 nitrogen and oxygen atoms in total. The number of ether oxygens (including phenoxy) is 2. The van der Waals surface area contributed by atoms with Crippen molar-refractivity contribution >= 4 is 5.91 Å². The highest BCUT2D eigenvalue weighted by atomic mass is 19.4. The number of alkyl halides is 6. The molecule has 1 amide bonds. The van der Waals surface area contributed by atoms with E-state index < -0.39 is 36.8 Å². The molecule has 2 atom stereocenters. The van der Waals surface area contributed by atoms with Crippen LogP contribution in [0.5, 0.6) is 0 Å². The summed E-state index contributed by atoms with van der Waals surface area (Å²) in [4.78, 5) is 14.7. The summed E-state index contributed by atoms with van der Waals surface area (Å²) >= 11 is 0. The molecule has 1 fully saturated rings. The molecule has 1 aliphatic carbocycles. The molecule has 1 saturated heterocycles. The van der Waals surface area contributed by atoms with Crippen molar-refractivity contribution in [3.8, 4) is 11.1 Å². The molecule has 0 spiro atoms. The Bertz CT molecular complexity index is 1030. The minimum atomic E-state index is -5.83. The van der Waals surface area contributed by atoms with Crippen molar-refractivity contribution in [1.29, 1.82) is 0 Å². The van der Waals surface area contributed by atoms with E-state index in [1.807, 2.05) is 0 Å². The molecule has 2 unspecified atom stereocenters. The van der Waals surface area contributed by atoms with Gasteiger partial charge in [0.15, 0.2) is 0 Å². The molecule has 0 N–H and O–H groups in total. The highest BCUT2D eigenvalue weighted by Crippen LogP contribution is 2.55. The standard InChI is InChI=1S/C22H19F6NO3/c1-3-29(2)19(30)18-14-8-5-4-7-12(14)13-9-6-10-15(17(13)18)16-11-31-20(32-16,21(23,24)25)22(26,27)28/h4-10,16,18H,3,11H2,1-2H3. The Kier molecular flexibility index (Phi) is 5.28. The van der Waals surface area contributed by atoms with Crippen molar-refractivity contribution in [2.45, 2.75) is 37.1 Å². The van der Waals surface area contributed by atoms with Gasteiger partial charge in [-0.25, -0.2) is 0 Å². The van der Waals surface area contributed by atoms with Crippen molar-refractivity contribution in [3.63, 3.8) is 0 Å². The Hall–Kier alpha value is -2.59. The minimum absolute atomic E-state index is 0.0666. The van der Waals surface area contributed by atoms with Gasteiger partial charge in [-0.2, -0.15) is 26.3 Å². The lowest BCUT2D eigenvalue weighted by atomic mass is 9.89. The minimum Gasteiger partial charge on any atom is -0.345 e. The Balaban J connectivity index is 1.84. The van der Waals surface area contributed by atoms with Gasteiger partial charge in [-0.05, 0) is 34.7 Å². The molecular weight excluding hydrogens is 440 g/mol. The summed E-state index contributed by atoms with van der Waals surface area (Å²) < 4.78 is 89.4. The van der Waals surface area contributed by atoms with Crippen LogP contribution in [0.4, 0.5) is 26.3 Å². The lowest BCUT2D eigenvalue weighted by molar-refractivity contribution is -0.443. The van der Waals surface area contributed by atoms with Crippen LogP contribution in [0.3, 0.4) is 0 Å². The van der Waals surface area contributed by atoms with Crippen molar-refractivity contribution in [2.24, 2.45) is 0 Å². The first-order chi connectivity index (χ1) is 14.9. The van der Waals surface area contributed by atoms with E-state index in [1.54, 1.807) is 44.3 Å². The van der Waals surface area contributed by atoms with Crippen LogP contribution in [0.1, 0.15) is 35.6 Å². The van der Waals surface area contributed by atoms with Crippen LogP contribution < -0.4 is 0 Å². The fourth-order valence-corrected chi connectivity index (χ4v) is 4.28. The van der Waals surface area contributed by atoms with Crippen LogP contribution in [0.15, 0.2) is 42.5 Å². The summed E-state index contributed by atoms with van der Waals surface area (Å²) in [6.45, 7) is 1.18. The van der Waals surface area contributed by atoms with Gasteiger partial charge in [-0.15, -0.1) is 0 Å². The Morgan fingerprint density at radius 3 is 2.19 bits per heavy atom. The largest absolute Gasteiger partial charge is 0.453 e. The molecule has 4 rings (SSSR count). The first-order valence-corrected chi connectivity index (χ1v) is 9.85. The van der Waals surface area contributed by atoms with E-state index in [1.165, 1.54) is 17.0 Å². The molecule has 10 heteroatoms. The average molecular weight is 459 g/mol. The second-order valence-corrected chi connectivity index (χ2v) is 7.71. The van der Waals surface area contributed by atoms with Crippen molar-refractivity contribution in [2.75, 3.05) is 20.2 Å². The zero-order valence-corrected chi connectivity index (χ0v) is 17.1. The summed E-state index contributed by atoms with van der Waals surface area (Å²) in [5, 5.41) is 0. The molecule has 172 valence electrons. The molecule has 2 aromatic carbocycles. The maximum atomic E-state index is 13.4. The number of amides is 1. The number of hydrogen-bond donors (Lipinski definition) is 0. The molecule has 32 heavy (non-hydrogen) atoms. The third-order valence-electron chi connectivity index (χ3n) is 5.93. The normalized spacial score (nSPS) is 21.9. The SMILES string of the molecule is CCN(C)C(=O)C1c2ccccc2-c2cccc(C3COC(C(F)(F)F)(C(F)(F)F)O3)c21. The fraction of sp³-hybridized carbons (Fsp3) is 0.409. The quantitative estimate of drug-likeness (QED) is 0.594. The fourth-order valence-electron chi connectivity index (χ4n) is 4.28. The van der Waals surface area contributed by atoms with Gasteiger partial charge in [0.2, 0.25) is 5.91 Å². The zero-order valence-electron chi connectivity index (χ0n) is 17.1. The third kappa shape index (κ3) is 3.19. The van der Waals surface area contributed by atoms with Crippen molar-refractivity contribution < 1.29 is 40.6 Å². The number of nitrogens with zero attached hydrogens (tertiary/aromatic N) is 1. The van der Waals surface area contributed by atoms with Gasteiger partial charge in [0, 0.05) is 13.6 Å². The van der Waals surface area contributed by atoms with Gasteiger partial charge >= 0.3 is 18.1 Å². The summed E-state index contributed by atoms with van der Waals surface area (Å²) in [6.07, 6.45) is -13.3. The van der Waals surface area contributed by atoms with E-state index in [4.69, 9.17) is 0 Å². The number of halogens is 6. The van der Waals surface area contributed by atoms with E-state index in [0.717, 1.165) is 0 Å². The van der Waals surface area contributed by atoms with E-state index in [0.29, 0.717) is 28.8 Å². The Morgan fingerprint density at radius 2 is 1.59 bits per heavy atom. The molecule has 0 bridgehead atoms. The van der Waals surface area contributed by atoms with Gasteiger partial charge in [-0.3, -0.25) is 4.79 Å². The average Bonchev–Trinajstić information content (AvgIpc) is 3.33. The molecule has 0 aromatic heterocycles. The third-order valence-corrected chi connectivity index (χ3v) is 5.93. The van der Waals surface area contributed by atoms with Crippen LogP contribution in [-0.2, 0) is 14.3 Å². The summed E-state index contributed by atoms with van der Waals surface area (Å²) in [6, 6.07) is 11.6. The van der Waals surface area contributed by atoms with Crippen molar-refractivity contribution in [1.82, 2.24) is 4.90 Å². The topological polar surface area (TPSA) is 38.8 Å². The van der Waals surface area contributed by atoms with E-state index in [-0.39, 0.29) is 11.5 Å². The highest BCUT2D eigenvalue weighted by molar-refractivity contribution is 5.96. The van der Waals surface area contributed by atoms with E-state index in [9.17, 15) is 31.1 Å². The van der Waals surface area contributed by atoms with E-state index >= 15 is 0 Å². The highest BCUT2D eigenvalue weighted by Gasteiger charge is 2.77. The molecule has 0 radical (unpaired) electrons. The first kappa shape index (κ1) is 22.6. The number of benzene rings is 2. The van der Waals surface area contributed by atoms with Gasteiger partial charge in [-0.1, -0.05) is 42.5 Å². The zero-order chi connectivity index (χ0) is 23.5. The lowest BCUT2D eigenvalue weighted by Gasteiger charge is -2.32. The lowest BCUT2D eigenvalue weighted by Crippen LogP contribution is -2.57. The summed E-state index contributed by atoms with van der Waals surface area (Å²) in [7, 11) is 1.58. The summed E-state index contributed by atoms with van der Waals surface area (Å²) in [5.41, 5.74) is 2.31. The van der Waals surface area contributed by atoms with Crippen LogP contribution in [0, 0.1) is 0 Å². The van der Waals surface area contributed by atoms with Gasteiger partial charge in [0.05, 0.1) is 12.5 Å². The predicted molar refractivity (Wildman–Crippen MR) is 102 cm³/mol. The van der Waals surface area contributed by atoms with Crippen LogP contribution in [0.2, 0.25) is 0 Å². The van der Waals surface area contributed by atoms with Crippen LogP contribution in [-0.4, -0.2) is 49.1 Å². The monoisotopic (exact) mass is 459 g/mol. The van der Waals surface area contributed by atoms with Gasteiger partial charge in [0.1, 0.15) is 6.10 Å². The second-order valence-electron chi connectivity index (χ2n) is 7.71. The van der Waals surface area contributed by atoms with Crippen molar-refractivity contribution in [3.05, 3.63) is 59.2 Å². The van der Waals surface area contributed by atoms with Crippen LogP contribution >= 0.6 is 0 Å². The summed E-state index contributed by atoms with van der Waals surface area (Å²) in [5.74, 6) is -5.92. The molecule has 1 aliphatic heterocycles. The smallest absolute Gasteiger partial charge is 0.345 e. The molecule has 0 saturated carbocycles. The first-order valence-electron chi connectivity index (χ1n) is 9.85. The molecule has 2 aliphatic rings. The Morgan fingerprint density at radius 1 is 1.00 bits per heavy atom. The Labute approximate surface area is 179 Å². The predicted octanol–water partition coefficient (Wildman–Crippen LogP) is 5.19. The number of carbonyl (C=O) groups is 1. The van der Waals surface area contributed by atoms with Gasteiger partial charge in [0.25, 0.3) is 0 Å². The van der Waals surface area contributed by atoms with Gasteiger partial charge < -0.3 is 14.4 Å².